The Labute approximate surface area is 122 Å². The first-order chi connectivity index (χ1) is 9.32. The predicted molar refractivity (Wildman–Crippen MR) is 81.2 cm³/mol. The van der Waals surface area contributed by atoms with Crippen LogP contribution < -0.4 is 0 Å². The fourth-order valence-electron chi connectivity index (χ4n) is 2.25. The summed E-state index contributed by atoms with van der Waals surface area (Å²) < 4.78 is 27.2. The molecule has 0 radical (unpaired) electrons. The summed E-state index contributed by atoms with van der Waals surface area (Å²) in [6.45, 7) is 8.56. The van der Waals surface area contributed by atoms with Gasteiger partial charge in [-0.15, -0.1) is 0 Å². The van der Waals surface area contributed by atoms with Crippen LogP contribution in [0, 0.1) is 5.92 Å². The SMILES string of the molecule is CCC(CC)N(CC(C)C)S(=O)(=O)c1ccc(O)cc1. The molecule has 5 heteroatoms. The summed E-state index contributed by atoms with van der Waals surface area (Å²) in [6, 6.07) is 5.75. The van der Waals surface area contributed by atoms with E-state index in [9.17, 15) is 13.5 Å². The Morgan fingerprint density at radius 2 is 1.60 bits per heavy atom. The Kier molecular flexibility index (Phi) is 6.02. The minimum absolute atomic E-state index is 0.0104. The van der Waals surface area contributed by atoms with Gasteiger partial charge in [0, 0.05) is 12.6 Å². The first kappa shape index (κ1) is 17.0. The molecule has 0 bridgehead atoms. The first-order valence-corrected chi connectivity index (χ1v) is 8.57. The van der Waals surface area contributed by atoms with Crippen molar-refractivity contribution < 1.29 is 13.5 Å². The lowest BCUT2D eigenvalue weighted by Crippen LogP contribution is -2.41. The van der Waals surface area contributed by atoms with E-state index >= 15 is 0 Å². The molecule has 0 saturated carbocycles. The molecule has 1 aromatic rings. The number of phenolic OH excluding ortho intramolecular Hbond substituents is 1. The number of rotatable bonds is 7. The third-order valence-electron chi connectivity index (χ3n) is 3.34. The minimum Gasteiger partial charge on any atom is -0.508 e. The van der Waals surface area contributed by atoms with Gasteiger partial charge in [0.15, 0.2) is 0 Å². The number of sulfonamides is 1. The Hall–Kier alpha value is -1.07. The predicted octanol–water partition coefficient (Wildman–Crippen LogP) is 3.23. The van der Waals surface area contributed by atoms with Crippen LogP contribution >= 0.6 is 0 Å². The molecule has 0 unspecified atom stereocenters. The summed E-state index contributed by atoms with van der Waals surface area (Å²) in [5.41, 5.74) is 0. The summed E-state index contributed by atoms with van der Waals surface area (Å²) in [5, 5.41) is 9.30. The van der Waals surface area contributed by atoms with E-state index in [0.717, 1.165) is 12.8 Å². The van der Waals surface area contributed by atoms with Crippen LogP contribution in [0.2, 0.25) is 0 Å². The van der Waals surface area contributed by atoms with E-state index in [0.29, 0.717) is 6.54 Å². The van der Waals surface area contributed by atoms with Crippen LogP contribution in [0.4, 0.5) is 0 Å². The fraction of sp³-hybridized carbons (Fsp3) is 0.600. The second kappa shape index (κ2) is 7.09. The third kappa shape index (κ3) is 3.96. The van der Waals surface area contributed by atoms with Crippen LogP contribution in [-0.4, -0.2) is 30.4 Å². The Balaban J connectivity index is 3.19. The second-order valence-corrected chi connectivity index (χ2v) is 7.32. The van der Waals surface area contributed by atoms with Crippen molar-refractivity contribution in [1.82, 2.24) is 4.31 Å². The summed E-state index contributed by atoms with van der Waals surface area (Å²) >= 11 is 0. The maximum absolute atomic E-state index is 12.8. The van der Waals surface area contributed by atoms with E-state index in [1.54, 1.807) is 4.31 Å². The van der Waals surface area contributed by atoms with Crippen molar-refractivity contribution in [3.8, 4) is 5.75 Å². The molecule has 1 N–H and O–H groups in total. The van der Waals surface area contributed by atoms with Crippen molar-refractivity contribution in [2.24, 2.45) is 5.92 Å². The maximum Gasteiger partial charge on any atom is 0.243 e. The van der Waals surface area contributed by atoms with E-state index in [2.05, 4.69) is 0 Å². The molecule has 0 atom stereocenters. The van der Waals surface area contributed by atoms with Gasteiger partial charge in [0.2, 0.25) is 10.0 Å². The molecule has 0 aromatic heterocycles. The van der Waals surface area contributed by atoms with Gasteiger partial charge in [-0.25, -0.2) is 8.42 Å². The summed E-state index contributed by atoms with van der Waals surface area (Å²) in [6.07, 6.45) is 1.58. The molecule has 0 saturated heterocycles. The average molecular weight is 299 g/mol. The highest BCUT2D eigenvalue weighted by Gasteiger charge is 2.30. The van der Waals surface area contributed by atoms with Crippen LogP contribution in [0.1, 0.15) is 40.5 Å². The molecule has 20 heavy (non-hydrogen) atoms. The van der Waals surface area contributed by atoms with Gasteiger partial charge in [0.05, 0.1) is 4.90 Å². The van der Waals surface area contributed by atoms with Gasteiger partial charge in [0.1, 0.15) is 5.75 Å². The van der Waals surface area contributed by atoms with Crippen LogP contribution in [0.25, 0.3) is 0 Å². The summed E-state index contributed by atoms with van der Waals surface area (Å²) in [5.74, 6) is 0.337. The van der Waals surface area contributed by atoms with E-state index in [-0.39, 0.29) is 22.6 Å². The molecular formula is C15H25NO3S. The molecule has 1 aromatic carbocycles. The molecule has 0 amide bonds. The molecule has 0 heterocycles. The van der Waals surface area contributed by atoms with Gasteiger partial charge in [-0.05, 0) is 43.0 Å². The first-order valence-electron chi connectivity index (χ1n) is 7.13. The van der Waals surface area contributed by atoms with E-state index in [1.165, 1.54) is 24.3 Å². The van der Waals surface area contributed by atoms with Gasteiger partial charge in [-0.3, -0.25) is 0 Å². The lowest BCUT2D eigenvalue weighted by Gasteiger charge is -2.31. The number of nitrogens with zero attached hydrogens (tertiary/aromatic N) is 1. The average Bonchev–Trinajstić information content (AvgIpc) is 2.39. The van der Waals surface area contributed by atoms with Gasteiger partial charge >= 0.3 is 0 Å². The van der Waals surface area contributed by atoms with Crippen LogP contribution in [-0.2, 0) is 10.0 Å². The standard InChI is InChI=1S/C15H25NO3S/c1-5-13(6-2)16(11-12(3)4)20(18,19)15-9-7-14(17)8-10-15/h7-10,12-13,17H,5-6,11H2,1-4H3. The molecule has 4 nitrogen and oxygen atoms in total. The van der Waals surface area contributed by atoms with Crippen molar-refractivity contribution in [2.45, 2.75) is 51.5 Å². The molecule has 0 fully saturated rings. The highest BCUT2D eigenvalue weighted by molar-refractivity contribution is 7.89. The smallest absolute Gasteiger partial charge is 0.243 e. The molecule has 0 aliphatic carbocycles. The van der Waals surface area contributed by atoms with Crippen molar-refractivity contribution >= 4 is 10.0 Å². The molecule has 0 spiro atoms. The number of hydrogen-bond acceptors (Lipinski definition) is 3. The van der Waals surface area contributed by atoms with Crippen molar-refractivity contribution in [1.29, 1.82) is 0 Å². The minimum atomic E-state index is -3.51. The highest BCUT2D eigenvalue weighted by Crippen LogP contribution is 2.24. The zero-order valence-corrected chi connectivity index (χ0v) is 13.5. The quantitative estimate of drug-likeness (QED) is 0.841. The monoisotopic (exact) mass is 299 g/mol. The van der Waals surface area contributed by atoms with Gasteiger partial charge in [-0.2, -0.15) is 4.31 Å². The van der Waals surface area contributed by atoms with Crippen LogP contribution in [0.5, 0.6) is 5.75 Å². The normalized spacial score (nSPS) is 12.6. The van der Waals surface area contributed by atoms with Gasteiger partial charge in [-0.1, -0.05) is 27.7 Å². The van der Waals surface area contributed by atoms with Crippen molar-refractivity contribution in [2.75, 3.05) is 6.54 Å². The van der Waals surface area contributed by atoms with E-state index in [4.69, 9.17) is 0 Å². The highest BCUT2D eigenvalue weighted by atomic mass is 32.2. The maximum atomic E-state index is 12.8. The summed E-state index contributed by atoms with van der Waals surface area (Å²) in [4.78, 5) is 0.239. The van der Waals surface area contributed by atoms with Crippen LogP contribution in [0.3, 0.4) is 0 Å². The molecular weight excluding hydrogens is 274 g/mol. The van der Waals surface area contributed by atoms with Gasteiger partial charge < -0.3 is 5.11 Å². The molecule has 1 rings (SSSR count). The lowest BCUT2D eigenvalue weighted by atomic mass is 10.1. The Morgan fingerprint density at radius 3 is 2.00 bits per heavy atom. The van der Waals surface area contributed by atoms with Crippen molar-refractivity contribution in [3.05, 3.63) is 24.3 Å². The zero-order chi connectivity index (χ0) is 15.3. The fourth-order valence-corrected chi connectivity index (χ4v) is 4.19. The third-order valence-corrected chi connectivity index (χ3v) is 5.27. The Bertz CT molecular complexity index is 504. The topological polar surface area (TPSA) is 57.6 Å². The van der Waals surface area contributed by atoms with Crippen LogP contribution in [0.15, 0.2) is 29.2 Å². The summed E-state index contributed by atoms with van der Waals surface area (Å²) in [7, 11) is -3.51. The lowest BCUT2D eigenvalue weighted by molar-refractivity contribution is 0.277. The number of benzene rings is 1. The largest absolute Gasteiger partial charge is 0.508 e. The van der Waals surface area contributed by atoms with E-state index in [1.807, 2.05) is 27.7 Å². The Morgan fingerprint density at radius 1 is 1.10 bits per heavy atom. The van der Waals surface area contributed by atoms with E-state index < -0.39 is 10.0 Å². The number of phenols is 1. The molecule has 114 valence electrons. The number of hydrogen-bond donors (Lipinski definition) is 1. The van der Waals surface area contributed by atoms with Crippen molar-refractivity contribution in [3.63, 3.8) is 0 Å². The number of aromatic hydroxyl groups is 1. The molecule has 0 aliphatic rings. The second-order valence-electron chi connectivity index (χ2n) is 5.43. The zero-order valence-electron chi connectivity index (χ0n) is 12.7. The molecule has 0 aliphatic heterocycles. The van der Waals surface area contributed by atoms with Gasteiger partial charge in [0.25, 0.3) is 0 Å².